The van der Waals surface area contributed by atoms with Gasteiger partial charge in [0.1, 0.15) is 6.04 Å². The Labute approximate surface area is 288 Å². The van der Waals surface area contributed by atoms with Gasteiger partial charge in [0, 0.05) is 71.6 Å². The number of aromatic nitrogens is 1. The molecule has 6 fully saturated rings. The Balaban J connectivity index is 1.07. The number of aryl methyl sites for hydroxylation is 1. The van der Waals surface area contributed by atoms with Crippen LogP contribution in [0.25, 0.3) is 10.9 Å². The molecule has 0 aliphatic carbocycles. The molecule has 3 aromatic rings. The molecule has 0 radical (unpaired) electrons. The highest BCUT2D eigenvalue weighted by molar-refractivity contribution is 5.87. The van der Waals surface area contributed by atoms with Crippen LogP contribution in [-0.2, 0) is 37.9 Å². The topological polar surface area (TPSA) is 59.4 Å². The highest BCUT2D eigenvalue weighted by Gasteiger charge is 2.80. The number of hydrogen-bond donors (Lipinski definition) is 0. The van der Waals surface area contributed by atoms with E-state index in [0.29, 0.717) is 30.5 Å². The number of ether oxygens (including phenoxy) is 3. The predicted octanol–water partition coefficient (Wildman–Crippen LogP) is 5.54. The van der Waals surface area contributed by atoms with Crippen molar-refractivity contribution in [2.45, 2.75) is 87.0 Å². The van der Waals surface area contributed by atoms with Crippen molar-refractivity contribution in [3.05, 3.63) is 77.0 Å². The first-order valence-corrected chi connectivity index (χ1v) is 18.7. The fourth-order valence-corrected chi connectivity index (χ4v) is 13.5. The SMILES string of the molecule is CC=C1CN2CCC34CC5C6CC7c8c(c9ccccc9n8C)CC(C6COC5(C)OC35C2CC1C(C(=O)OC)N5c1ccccc14)N7C. The number of piperidine rings is 4. The van der Waals surface area contributed by atoms with E-state index in [1.807, 2.05) is 0 Å². The molecule has 8 heteroatoms. The molecule has 1 aromatic heterocycles. The molecule has 0 N–H and O–H groups in total. The van der Waals surface area contributed by atoms with Crippen molar-refractivity contribution in [2.24, 2.45) is 30.7 Å². The second-order valence-corrected chi connectivity index (χ2v) is 16.8. The largest absolute Gasteiger partial charge is 0.467 e. The summed E-state index contributed by atoms with van der Waals surface area (Å²) in [4.78, 5) is 21.8. The fraction of sp³-hybridized carbons (Fsp3) is 0.585. The van der Waals surface area contributed by atoms with Gasteiger partial charge in [-0.15, -0.1) is 0 Å². The van der Waals surface area contributed by atoms with Crippen LogP contribution in [-0.4, -0.2) is 83.8 Å². The molecule has 11 unspecified atom stereocenters. The Hall–Kier alpha value is -3.17. The van der Waals surface area contributed by atoms with Crippen LogP contribution in [0.3, 0.4) is 0 Å². The maximum atomic E-state index is 14.0. The second kappa shape index (κ2) is 9.58. The molecular formula is C41H48N4O4. The summed E-state index contributed by atoms with van der Waals surface area (Å²) in [7, 11) is 6.19. The van der Waals surface area contributed by atoms with Gasteiger partial charge in [-0.3, -0.25) is 9.80 Å². The molecule has 8 aliphatic rings. The molecule has 256 valence electrons. The number of carbonyl (C=O) groups is 1. The van der Waals surface area contributed by atoms with Crippen LogP contribution in [0.1, 0.15) is 62.4 Å². The number of nitrogens with zero attached hydrogens (tertiary/aromatic N) is 4. The Bertz CT molecular complexity index is 1970. The summed E-state index contributed by atoms with van der Waals surface area (Å²) in [6.07, 6.45) is 7.36. The Morgan fingerprint density at radius 2 is 1.88 bits per heavy atom. The van der Waals surface area contributed by atoms with E-state index in [-0.39, 0.29) is 29.3 Å². The van der Waals surface area contributed by atoms with E-state index in [4.69, 9.17) is 14.2 Å². The third-order valence-electron chi connectivity index (χ3n) is 15.5. The van der Waals surface area contributed by atoms with Crippen molar-refractivity contribution >= 4 is 22.6 Å². The molecule has 0 saturated carbocycles. The first kappa shape index (κ1) is 29.5. The molecule has 6 saturated heterocycles. The van der Waals surface area contributed by atoms with Gasteiger partial charge in [-0.05, 0) is 82.2 Å². The van der Waals surface area contributed by atoms with Crippen LogP contribution in [0.15, 0.2) is 60.2 Å². The monoisotopic (exact) mass is 660 g/mol. The molecule has 9 heterocycles. The standard InChI is InChI=1S/C41H48N4O4/c1-6-23-21-44-16-15-40-20-30-26-17-34-36-27(24-11-7-9-13-31(24)43(36)4)18-33(42(34)3)28(26)22-48-39(30,2)49-41(40)35(44)19-25(23)37(38(46)47-5)45(41)32-14-10-8-12-29(32)40/h6-14,25-26,28,30,33-35,37H,15-22H2,1-5H3. The zero-order chi connectivity index (χ0) is 33.2. The normalized spacial score (nSPS) is 43.8. The molecule has 2 aromatic carbocycles. The Kier molecular flexibility index (Phi) is 5.78. The van der Waals surface area contributed by atoms with Crippen LogP contribution in [0, 0.1) is 23.7 Å². The van der Waals surface area contributed by atoms with E-state index < -0.39 is 17.6 Å². The lowest BCUT2D eigenvalue weighted by Gasteiger charge is -2.72. The fourth-order valence-electron chi connectivity index (χ4n) is 13.5. The summed E-state index contributed by atoms with van der Waals surface area (Å²) in [6.45, 7) is 7.02. The van der Waals surface area contributed by atoms with Crippen LogP contribution in [0.2, 0.25) is 0 Å². The number of methoxy groups -OCH3 is 1. The van der Waals surface area contributed by atoms with Gasteiger partial charge in [0.2, 0.25) is 0 Å². The number of carbonyl (C=O) groups excluding carboxylic acids is 1. The molecule has 8 aliphatic heterocycles. The van der Waals surface area contributed by atoms with Crippen LogP contribution >= 0.6 is 0 Å². The average Bonchev–Trinajstić information content (AvgIpc) is 3.53. The van der Waals surface area contributed by atoms with E-state index in [9.17, 15) is 4.79 Å². The second-order valence-electron chi connectivity index (χ2n) is 16.8. The van der Waals surface area contributed by atoms with E-state index in [1.165, 1.54) is 27.7 Å². The predicted molar refractivity (Wildman–Crippen MR) is 187 cm³/mol. The minimum absolute atomic E-state index is 0.0975. The third-order valence-corrected chi connectivity index (χ3v) is 15.5. The smallest absolute Gasteiger partial charge is 0.329 e. The van der Waals surface area contributed by atoms with E-state index in [2.05, 4.69) is 102 Å². The number of fused-ring (bicyclic) bond motifs is 13. The molecule has 11 atom stereocenters. The number of hydrogen-bond acceptors (Lipinski definition) is 7. The number of para-hydroxylation sites is 2. The summed E-state index contributed by atoms with van der Waals surface area (Å²) in [5, 5.41) is 1.42. The number of allylic oxidation sites excluding steroid dienone is 1. The van der Waals surface area contributed by atoms with Crippen LogP contribution < -0.4 is 4.90 Å². The van der Waals surface area contributed by atoms with Gasteiger partial charge < -0.3 is 23.7 Å². The van der Waals surface area contributed by atoms with Crippen molar-refractivity contribution in [1.29, 1.82) is 0 Å². The highest BCUT2D eigenvalue weighted by atomic mass is 16.7. The molecule has 8 nitrogen and oxygen atoms in total. The van der Waals surface area contributed by atoms with Crippen LogP contribution in [0.4, 0.5) is 5.69 Å². The summed E-state index contributed by atoms with van der Waals surface area (Å²) in [6, 6.07) is 18.5. The number of benzene rings is 2. The molecule has 1 spiro atoms. The van der Waals surface area contributed by atoms with Crippen LogP contribution in [0.5, 0.6) is 0 Å². The maximum absolute atomic E-state index is 14.0. The van der Waals surface area contributed by atoms with E-state index in [1.54, 1.807) is 12.7 Å². The van der Waals surface area contributed by atoms with Gasteiger partial charge in [0.15, 0.2) is 11.5 Å². The molecule has 11 rings (SSSR count). The number of anilines is 1. The first-order valence-electron chi connectivity index (χ1n) is 18.7. The van der Waals surface area contributed by atoms with E-state index in [0.717, 1.165) is 50.9 Å². The molecule has 49 heavy (non-hydrogen) atoms. The summed E-state index contributed by atoms with van der Waals surface area (Å²) < 4.78 is 23.3. The lowest BCUT2D eigenvalue weighted by molar-refractivity contribution is -0.401. The third kappa shape index (κ3) is 3.26. The van der Waals surface area contributed by atoms with Crippen molar-refractivity contribution in [3.8, 4) is 0 Å². The van der Waals surface area contributed by atoms with Gasteiger partial charge in [0.25, 0.3) is 0 Å². The molecular weight excluding hydrogens is 612 g/mol. The summed E-state index contributed by atoms with van der Waals surface area (Å²) in [5.74, 6) is 0.357. The quantitative estimate of drug-likeness (QED) is 0.251. The minimum Gasteiger partial charge on any atom is -0.467 e. The average molecular weight is 661 g/mol. The Morgan fingerprint density at radius 3 is 2.71 bits per heavy atom. The van der Waals surface area contributed by atoms with E-state index >= 15 is 0 Å². The summed E-state index contributed by atoms with van der Waals surface area (Å²) in [5.41, 5.74) is 7.33. The zero-order valence-corrected chi connectivity index (χ0v) is 29.4. The number of rotatable bonds is 1. The highest BCUT2D eigenvalue weighted by Crippen LogP contribution is 2.72. The van der Waals surface area contributed by atoms with Crippen molar-refractivity contribution in [3.63, 3.8) is 0 Å². The van der Waals surface area contributed by atoms with Gasteiger partial charge in [-0.1, -0.05) is 48.0 Å². The molecule has 4 bridgehead atoms. The van der Waals surface area contributed by atoms with Crippen molar-refractivity contribution < 1.29 is 19.0 Å². The van der Waals surface area contributed by atoms with Gasteiger partial charge >= 0.3 is 5.97 Å². The zero-order valence-electron chi connectivity index (χ0n) is 29.4. The van der Waals surface area contributed by atoms with Gasteiger partial charge in [-0.2, -0.15) is 0 Å². The summed E-state index contributed by atoms with van der Waals surface area (Å²) >= 11 is 0. The Morgan fingerprint density at radius 1 is 1.06 bits per heavy atom. The lowest BCUT2D eigenvalue weighted by Crippen LogP contribution is -2.85. The van der Waals surface area contributed by atoms with Crippen molar-refractivity contribution in [2.75, 3.05) is 38.8 Å². The number of likely N-dealkylation sites (N-methyl/N-ethyl adjacent to an activating group) is 1. The molecule has 0 amide bonds. The minimum atomic E-state index is -0.756. The first-order chi connectivity index (χ1) is 23.8. The lowest BCUT2D eigenvalue weighted by atomic mass is 9.52. The number of esters is 1. The maximum Gasteiger partial charge on any atom is 0.329 e. The van der Waals surface area contributed by atoms with Crippen molar-refractivity contribution in [1.82, 2.24) is 14.4 Å². The van der Waals surface area contributed by atoms with Gasteiger partial charge in [0.05, 0.1) is 25.8 Å². The van der Waals surface area contributed by atoms with Gasteiger partial charge in [-0.25, -0.2) is 4.79 Å².